The van der Waals surface area contributed by atoms with E-state index < -0.39 is 0 Å². The van der Waals surface area contributed by atoms with Crippen LogP contribution in [-0.2, 0) is 10.2 Å². The Morgan fingerprint density at radius 2 is 2.07 bits per heavy atom. The van der Waals surface area contributed by atoms with Crippen molar-refractivity contribution in [2.24, 2.45) is 11.3 Å². The summed E-state index contributed by atoms with van der Waals surface area (Å²) in [4.78, 5) is 16.9. The fraction of sp³-hybridized carbons (Fsp3) is 0.400. The third kappa shape index (κ3) is 3.71. The van der Waals surface area contributed by atoms with E-state index in [9.17, 15) is 4.79 Å². The first-order chi connectivity index (χ1) is 12.7. The maximum atomic E-state index is 13.4. The zero-order valence-corrected chi connectivity index (χ0v) is 17.1. The van der Waals surface area contributed by atoms with Gasteiger partial charge in [0.2, 0.25) is 0 Å². The van der Waals surface area contributed by atoms with Gasteiger partial charge in [-0.1, -0.05) is 63.3 Å². The minimum atomic E-state index is -0.269. The lowest BCUT2D eigenvalue weighted by atomic mass is 9.67. The smallest absolute Gasteiger partial charge is 0.160 e. The molecule has 0 fully saturated rings. The van der Waals surface area contributed by atoms with E-state index in [0.29, 0.717) is 6.42 Å². The van der Waals surface area contributed by atoms with Gasteiger partial charge in [0.05, 0.1) is 0 Å². The van der Waals surface area contributed by atoms with Crippen molar-refractivity contribution in [2.75, 3.05) is 0 Å². The van der Waals surface area contributed by atoms with E-state index in [2.05, 4.69) is 63.2 Å². The summed E-state index contributed by atoms with van der Waals surface area (Å²) in [5.41, 5.74) is 3.73. The topological polar surface area (TPSA) is 32.9 Å². The Hall–Kier alpha value is -2.35. The number of fused-ring (bicyclic) bond motifs is 1. The van der Waals surface area contributed by atoms with Gasteiger partial charge in [-0.25, -0.2) is 0 Å². The molecule has 3 rings (SSSR count). The van der Waals surface area contributed by atoms with E-state index >= 15 is 0 Å². The van der Waals surface area contributed by atoms with Crippen molar-refractivity contribution in [1.29, 1.82) is 0 Å². The lowest BCUT2D eigenvalue weighted by molar-refractivity contribution is -0.117. The molecule has 1 heterocycles. The summed E-state index contributed by atoms with van der Waals surface area (Å²) in [6.07, 6.45) is 6.54. The van der Waals surface area contributed by atoms with Crippen LogP contribution in [0.4, 0.5) is 0 Å². The molecule has 1 N–H and O–H groups in total. The summed E-state index contributed by atoms with van der Waals surface area (Å²) < 4.78 is 0. The van der Waals surface area contributed by atoms with Crippen molar-refractivity contribution in [3.63, 3.8) is 0 Å². The predicted octanol–water partition coefficient (Wildman–Crippen LogP) is 6.51. The number of para-hydroxylation sites is 1. The van der Waals surface area contributed by atoms with Gasteiger partial charge in [0.15, 0.2) is 5.78 Å². The Morgan fingerprint density at radius 1 is 1.37 bits per heavy atom. The lowest BCUT2D eigenvalue weighted by Crippen LogP contribution is -2.32. The van der Waals surface area contributed by atoms with Crippen LogP contribution < -0.4 is 0 Å². The molecule has 2 nitrogen and oxygen atoms in total. The largest absolute Gasteiger partial charge is 0.358 e. The summed E-state index contributed by atoms with van der Waals surface area (Å²) in [7, 11) is 0. The molecule has 0 aliphatic heterocycles. The molecule has 0 unspecified atom stereocenters. The van der Waals surface area contributed by atoms with Crippen molar-refractivity contribution in [3.8, 4) is 0 Å². The molecule has 2 heteroatoms. The second-order valence-corrected chi connectivity index (χ2v) is 8.95. The second-order valence-electron chi connectivity index (χ2n) is 8.95. The molecule has 0 spiro atoms. The highest BCUT2D eigenvalue weighted by molar-refractivity contribution is 5.98. The van der Waals surface area contributed by atoms with Crippen LogP contribution in [0.3, 0.4) is 0 Å². The Balaban J connectivity index is 1.91. The summed E-state index contributed by atoms with van der Waals surface area (Å²) in [6, 6.07) is 10.4. The van der Waals surface area contributed by atoms with E-state index in [0.717, 1.165) is 35.2 Å². The average molecular weight is 362 g/mol. The number of allylic oxidation sites excluding steroid dienone is 4. The molecular weight excluding hydrogens is 330 g/mol. The molecule has 1 aliphatic rings. The number of Topliss-reactive ketones (excluding diaryl/α,β-unsaturated/α-hetero) is 1. The Morgan fingerprint density at radius 3 is 2.70 bits per heavy atom. The van der Waals surface area contributed by atoms with Gasteiger partial charge in [-0.2, -0.15) is 0 Å². The third-order valence-electron chi connectivity index (χ3n) is 6.20. The highest BCUT2D eigenvalue weighted by atomic mass is 16.1. The fourth-order valence-corrected chi connectivity index (χ4v) is 4.11. The van der Waals surface area contributed by atoms with Gasteiger partial charge in [-0.3, -0.25) is 4.79 Å². The Labute approximate surface area is 163 Å². The fourth-order valence-electron chi connectivity index (χ4n) is 4.11. The van der Waals surface area contributed by atoms with Gasteiger partial charge in [0.1, 0.15) is 0 Å². The molecule has 0 bridgehead atoms. The normalized spacial score (nSPS) is 23.1. The standard InChI is InChI=1S/C25H31NO/c1-7-25(6)13-12-18(17(2)3)14-20(25)22(27)16-24(4,5)23-15-19-10-8-9-11-21(19)26-23/h7-11,14-15,18,26H,1-2,12-13,16H2,3-6H3/t18-,25-/m0/s1. The highest BCUT2D eigenvalue weighted by Crippen LogP contribution is 2.44. The van der Waals surface area contributed by atoms with E-state index in [4.69, 9.17) is 0 Å². The van der Waals surface area contributed by atoms with Gasteiger partial charge >= 0.3 is 0 Å². The molecule has 0 saturated heterocycles. The minimum absolute atomic E-state index is 0.215. The maximum absolute atomic E-state index is 13.4. The van der Waals surface area contributed by atoms with E-state index in [1.807, 2.05) is 25.1 Å². The minimum Gasteiger partial charge on any atom is -0.358 e. The molecule has 1 aromatic heterocycles. The molecular formula is C25H31NO. The molecule has 142 valence electrons. The van der Waals surface area contributed by atoms with Crippen LogP contribution in [0.1, 0.15) is 52.7 Å². The summed E-state index contributed by atoms with van der Waals surface area (Å²) in [5.74, 6) is 0.500. The molecule has 1 aliphatic carbocycles. The van der Waals surface area contributed by atoms with Gasteiger partial charge < -0.3 is 4.98 Å². The van der Waals surface area contributed by atoms with Crippen molar-refractivity contribution < 1.29 is 4.79 Å². The van der Waals surface area contributed by atoms with E-state index in [1.54, 1.807) is 0 Å². The number of hydrogen-bond acceptors (Lipinski definition) is 1. The van der Waals surface area contributed by atoms with Crippen LogP contribution in [0.2, 0.25) is 0 Å². The SMILES string of the molecule is C=C[C@@]1(C)CC[C@H](C(=C)C)C=C1C(=O)CC(C)(C)c1cc2ccccc2[nH]1. The van der Waals surface area contributed by atoms with E-state index in [-0.39, 0.29) is 22.5 Å². The van der Waals surface area contributed by atoms with Crippen LogP contribution >= 0.6 is 0 Å². The Kier molecular flexibility index (Phi) is 5.03. The van der Waals surface area contributed by atoms with Gasteiger partial charge in [0.25, 0.3) is 0 Å². The molecule has 2 atom stereocenters. The monoisotopic (exact) mass is 361 g/mol. The van der Waals surface area contributed by atoms with Crippen molar-refractivity contribution >= 4 is 16.7 Å². The highest BCUT2D eigenvalue weighted by Gasteiger charge is 2.37. The van der Waals surface area contributed by atoms with Crippen LogP contribution in [-0.4, -0.2) is 10.8 Å². The predicted molar refractivity (Wildman–Crippen MR) is 115 cm³/mol. The number of nitrogens with one attached hydrogen (secondary N) is 1. The van der Waals surface area contributed by atoms with Gasteiger partial charge in [-0.05, 0) is 43.2 Å². The second kappa shape index (κ2) is 6.99. The molecule has 0 amide bonds. The number of aromatic nitrogens is 1. The lowest BCUT2D eigenvalue weighted by Gasteiger charge is -2.36. The Bertz CT molecular complexity index is 894. The van der Waals surface area contributed by atoms with E-state index in [1.165, 1.54) is 5.39 Å². The summed E-state index contributed by atoms with van der Waals surface area (Å²) >= 11 is 0. The van der Waals surface area contributed by atoms with Crippen LogP contribution in [0.15, 0.2) is 66.8 Å². The van der Waals surface area contributed by atoms with Crippen molar-refractivity contribution in [1.82, 2.24) is 4.98 Å². The molecule has 0 radical (unpaired) electrons. The van der Waals surface area contributed by atoms with Gasteiger partial charge in [-0.15, -0.1) is 6.58 Å². The quantitative estimate of drug-likeness (QED) is 0.584. The number of carbonyl (C=O) groups is 1. The number of carbonyl (C=O) groups excluding carboxylic acids is 1. The number of H-pyrrole nitrogens is 1. The van der Waals surface area contributed by atoms with Crippen molar-refractivity contribution in [3.05, 3.63) is 72.5 Å². The number of aromatic amines is 1. The number of benzene rings is 1. The molecule has 0 saturated carbocycles. The molecule has 27 heavy (non-hydrogen) atoms. The zero-order valence-electron chi connectivity index (χ0n) is 17.1. The number of ketones is 1. The average Bonchev–Trinajstić information content (AvgIpc) is 3.06. The van der Waals surface area contributed by atoms with Crippen LogP contribution in [0.5, 0.6) is 0 Å². The first-order valence-electron chi connectivity index (χ1n) is 9.79. The maximum Gasteiger partial charge on any atom is 0.160 e. The third-order valence-corrected chi connectivity index (χ3v) is 6.20. The summed E-state index contributed by atoms with van der Waals surface area (Å²) in [5, 5.41) is 1.18. The zero-order chi connectivity index (χ0) is 19.8. The number of rotatable bonds is 6. The summed E-state index contributed by atoms with van der Waals surface area (Å²) in [6.45, 7) is 16.6. The number of hydrogen-bond donors (Lipinski definition) is 1. The first-order valence-corrected chi connectivity index (χ1v) is 9.79. The molecule has 2 aromatic rings. The van der Waals surface area contributed by atoms with Gasteiger partial charge in [0, 0.05) is 34.0 Å². The van der Waals surface area contributed by atoms with Crippen molar-refractivity contribution in [2.45, 2.75) is 52.4 Å². The van der Waals surface area contributed by atoms with Crippen LogP contribution in [0, 0.1) is 11.3 Å². The molecule has 1 aromatic carbocycles. The first kappa shape index (κ1) is 19.4. The van der Waals surface area contributed by atoms with Crippen LogP contribution in [0.25, 0.3) is 10.9 Å².